The quantitative estimate of drug-likeness (QED) is 0.675. The highest BCUT2D eigenvalue weighted by Gasteiger charge is 2.08. The Morgan fingerprint density at radius 1 is 0.950 bits per heavy atom. The Hall–Kier alpha value is -2.44. The molecule has 3 amide bonds. The largest absolute Gasteiger partial charge is 0.355 e. The molecule has 6 nitrogen and oxygen atoms in total. The van der Waals surface area contributed by atoms with Gasteiger partial charge in [-0.25, -0.2) is 4.39 Å². The number of amides is 3. The van der Waals surface area contributed by atoms with Crippen LogP contribution in [0.1, 0.15) is 17.3 Å². The molecule has 0 radical (unpaired) electrons. The van der Waals surface area contributed by atoms with Crippen LogP contribution in [-0.2, 0) is 9.59 Å². The number of rotatable bonds is 6. The fourth-order valence-corrected chi connectivity index (χ4v) is 1.36. The van der Waals surface area contributed by atoms with Crippen molar-refractivity contribution in [1.82, 2.24) is 16.0 Å². The average molecular weight is 281 g/mol. The molecule has 0 atom stereocenters. The third kappa shape index (κ3) is 5.47. The minimum Gasteiger partial charge on any atom is -0.355 e. The topological polar surface area (TPSA) is 87.3 Å². The molecule has 1 aromatic rings. The Balaban J connectivity index is 2.32. The molecule has 0 saturated carbocycles. The maximum Gasteiger partial charge on any atom is 0.251 e. The van der Waals surface area contributed by atoms with Gasteiger partial charge >= 0.3 is 0 Å². The van der Waals surface area contributed by atoms with Gasteiger partial charge in [0.1, 0.15) is 5.82 Å². The maximum atomic E-state index is 12.7. The van der Waals surface area contributed by atoms with Crippen molar-refractivity contribution in [1.29, 1.82) is 0 Å². The van der Waals surface area contributed by atoms with E-state index in [9.17, 15) is 18.8 Å². The van der Waals surface area contributed by atoms with Crippen LogP contribution in [0.25, 0.3) is 0 Å². The predicted octanol–water partition coefficient (Wildman–Crippen LogP) is -0.192. The van der Waals surface area contributed by atoms with Crippen LogP contribution < -0.4 is 16.0 Å². The summed E-state index contributed by atoms with van der Waals surface area (Å²) in [6.45, 7) is 1.85. The van der Waals surface area contributed by atoms with Crippen LogP contribution in [0.3, 0.4) is 0 Å². The van der Waals surface area contributed by atoms with Crippen molar-refractivity contribution in [3.63, 3.8) is 0 Å². The van der Waals surface area contributed by atoms with E-state index in [1.165, 1.54) is 12.1 Å². The highest BCUT2D eigenvalue weighted by molar-refractivity contribution is 5.96. The molecule has 3 N–H and O–H groups in total. The third-order valence-electron chi connectivity index (χ3n) is 2.34. The lowest BCUT2D eigenvalue weighted by Crippen LogP contribution is -2.41. The van der Waals surface area contributed by atoms with Gasteiger partial charge < -0.3 is 16.0 Å². The first-order valence-electron chi connectivity index (χ1n) is 6.10. The molecule has 0 aliphatic rings. The van der Waals surface area contributed by atoms with Gasteiger partial charge in [0, 0.05) is 12.1 Å². The molecule has 0 aliphatic heterocycles. The van der Waals surface area contributed by atoms with E-state index >= 15 is 0 Å². The van der Waals surface area contributed by atoms with Gasteiger partial charge in [-0.3, -0.25) is 14.4 Å². The van der Waals surface area contributed by atoms with Gasteiger partial charge in [-0.1, -0.05) is 0 Å². The molecule has 0 fully saturated rings. The van der Waals surface area contributed by atoms with Crippen LogP contribution in [0.5, 0.6) is 0 Å². The predicted molar refractivity (Wildman–Crippen MR) is 70.4 cm³/mol. The van der Waals surface area contributed by atoms with Crippen molar-refractivity contribution in [3.05, 3.63) is 35.6 Å². The van der Waals surface area contributed by atoms with Crippen molar-refractivity contribution in [3.8, 4) is 0 Å². The maximum absolute atomic E-state index is 12.7. The van der Waals surface area contributed by atoms with Crippen LogP contribution >= 0.6 is 0 Å². The highest BCUT2D eigenvalue weighted by atomic mass is 19.1. The molecule has 1 aromatic carbocycles. The molecule has 0 aliphatic carbocycles. The van der Waals surface area contributed by atoms with Crippen LogP contribution in [0.15, 0.2) is 24.3 Å². The summed E-state index contributed by atoms with van der Waals surface area (Å²) >= 11 is 0. The summed E-state index contributed by atoms with van der Waals surface area (Å²) in [7, 11) is 0. The first-order valence-corrected chi connectivity index (χ1v) is 6.10. The molecule has 0 bridgehead atoms. The van der Waals surface area contributed by atoms with E-state index in [-0.39, 0.29) is 24.6 Å². The third-order valence-corrected chi connectivity index (χ3v) is 2.34. The molecule has 0 spiro atoms. The zero-order valence-electron chi connectivity index (χ0n) is 11.0. The van der Waals surface area contributed by atoms with Gasteiger partial charge in [0.05, 0.1) is 13.1 Å². The van der Waals surface area contributed by atoms with Crippen molar-refractivity contribution in [2.75, 3.05) is 19.6 Å². The minimum absolute atomic E-state index is 0.140. The van der Waals surface area contributed by atoms with E-state index in [2.05, 4.69) is 16.0 Å². The molecule has 7 heteroatoms. The molecule has 0 unspecified atom stereocenters. The molecule has 0 saturated heterocycles. The van der Waals surface area contributed by atoms with Gasteiger partial charge in [-0.15, -0.1) is 0 Å². The molecular formula is C13H16FN3O3. The number of hydrogen-bond donors (Lipinski definition) is 3. The van der Waals surface area contributed by atoms with E-state index in [1.807, 2.05) is 0 Å². The number of likely N-dealkylation sites (N-methyl/N-ethyl adjacent to an activating group) is 1. The monoisotopic (exact) mass is 281 g/mol. The Bertz CT molecular complexity index is 488. The number of benzene rings is 1. The van der Waals surface area contributed by atoms with Crippen LogP contribution in [0.4, 0.5) is 4.39 Å². The number of hydrogen-bond acceptors (Lipinski definition) is 3. The molecule has 20 heavy (non-hydrogen) atoms. The summed E-state index contributed by atoms with van der Waals surface area (Å²) in [5, 5.41) is 7.25. The van der Waals surface area contributed by atoms with Crippen molar-refractivity contribution >= 4 is 17.7 Å². The number of carbonyl (C=O) groups excluding carboxylic acids is 3. The van der Waals surface area contributed by atoms with Crippen molar-refractivity contribution < 1.29 is 18.8 Å². The van der Waals surface area contributed by atoms with Crippen LogP contribution in [0.2, 0.25) is 0 Å². The Morgan fingerprint density at radius 3 is 2.10 bits per heavy atom. The van der Waals surface area contributed by atoms with Gasteiger partial charge in [-0.2, -0.15) is 0 Å². The van der Waals surface area contributed by atoms with E-state index in [0.717, 1.165) is 12.1 Å². The minimum atomic E-state index is -0.488. The van der Waals surface area contributed by atoms with Crippen LogP contribution in [0, 0.1) is 5.82 Å². The smallest absolute Gasteiger partial charge is 0.251 e. The van der Waals surface area contributed by atoms with Gasteiger partial charge in [0.25, 0.3) is 5.91 Å². The van der Waals surface area contributed by atoms with Gasteiger partial charge in [-0.05, 0) is 31.2 Å². The Labute approximate surface area is 115 Å². The lowest BCUT2D eigenvalue weighted by Gasteiger charge is -2.07. The van der Waals surface area contributed by atoms with E-state index in [1.54, 1.807) is 6.92 Å². The number of carbonyl (C=O) groups is 3. The summed E-state index contributed by atoms with van der Waals surface area (Å²) in [6.07, 6.45) is 0. The Morgan fingerprint density at radius 2 is 1.50 bits per heavy atom. The summed E-state index contributed by atoms with van der Waals surface area (Å²) in [5.41, 5.74) is 0.253. The molecule has 108 valence electrons. The SMILES string of the molecule is CCNC(=O)CNC(=O)CNC(=O)c1ccc(F)cc1. The fourth-order valence-electron chi connectivity index (χ4n) is 1.36. The van der Waals surface area contributed by atoms with E-state index in [4.69, 9.17) is 0 Å². The summed E-state index contributed by atoms with van der Waals surface area (Å²) in [6, 6.07) is 4.95. The summed E-state index contributed by atoms with van der Waals surface area (Å²) < 4.78 is 12.7. The van der Waals surface area contributed by atoms with Crippen LogP contribution in [-0.4, -0.2) is 37.4 Å². The molecule has 0 heterocycles. The first-order chi connectivity index (χ1) is 9.52. The second kappa shape index (κ2) is 7.88. The van der Waals surface area contributed by atoms with Crippen molar-refractivity contribution in [2.24, 2.45) is 0 Å². The van der Waals surface area contributed by atoms with E-state index < -0.39 is 17.6 Å². The number of halogens is 1. The fraction of sp³-hybridized carbons (Fsp3) is 0.308. The van der Waals surface area contributed by atoms with Gasteiger partial charge in [0.15, 0.2) is 0 Å². The molecular weight excluding hydrogens is 265 g/mol. The Kier molecular flexibility index (Phi) is 6.15. The normalized spacial score (nSPS) is 9.70. The standard InChI is InChI=1S/C13H16FN3O3/c1-2-15-11(18)7-16-12(19)8-17-13(20)9-3-5-10(14)6-4-9/h3-6H,2,7-8H2,1H3,(H,15,18)(H,16,19)(H,17,20). The molecule has 0 aromatic heterocycles. The summed E-state index contributed by atoms with van der Waals surface area (Å²) in [4.78, 5) is 34.1. The average Bonchev–Trinajstić information content (AvgIpc) is 2.43. The van der Waals surface area contributed by atoms with Crippen molar-refractivity contribution in [2.45, 2.75) is 6.92 Å². The first kappa shape index (κ1) is 15.6. The number of nitrogens with one attached hydrogen (secondary N) is 3. The highest BCUT2D eigenvalue weighted by Crippen LogP contribution is 2.01. The summed E-state index contributed by atoms with van der Waals surface area (Å²) in [5.74, 6) is -1.71. The lowest BCUT2D eigenvalue weighted by molar-refractivity contribution is -0.125. The van der Waals surface area contributed by atoms with E-state index in [0.29, 0.717) is 6.54 Å². The van der Waals surface area contributed by atoms with Gasteiger partial charge in [0.2, 0.25) is 11.8 Å². The molecule has 1 rings (SSSR count). The lowest BCUT2D eigenvalue weighted by atomic mass is 10.2. The zero-order valence-corrected chi connectivity index (χ0v) is 11.0. The zero-order chi connectivity index (χ0) is 15.0. The second-order valence-corrected chi connectivity index (χ2v) is 3.92. The second-order valence-electron chi connectivity index (χ2n) is 3.92.